The second kappa shape index (κ2) is 8.00. The van der Waals surface area contributed by atoms with Crippen molar-refractivity contribution in [3.05, 3.63) is 0 Å². The standard InChI is InChI=1S/C10H23N3S/c1-5-11-10(14)12-9(4)8-13(6-2)7-3/h9H,5-8H2,1-4H3,(H2,11,12,14). The van der Waals surface area contributed by atoms with E-state index in [0.29, 0.717) is 6.04 Å². The summed E-state index contributed by atoms with van der Waals surface area (Å²) < 4.78 is 0. The van der Waals surface area contributed by atoms with Crippen LogP contribution in [0.2, 0.25) is 0 Å². The zero-order valence-corrected chi connectivity index (χ0v) is 10.6. The molecule has 3 nitrogen and oxygen atoms in total. The zero-order chi connectivity index (χ0) is 11.0. The first-order valence-electron chi connectivity index (χ1n) is 5.40. The van der Waals surface area contributed by atoms with Gasteiger partial charge in [0, 0.05) is 19.1 Å². The topological polar surface area (TPSA) is 27.3 Å². The maximum Gasteiger partial charge on any atom is 0.166 e. The Morgan fingerprint density at radius 1 is 1.29 bits per heavy atom. The molecule has 0 aromatic carbocycles. The predicted molar refractivity (Wildman–Crippen MR) is 66.7 cm³/mol. The van der Waals surface area contributed by atoms with Crippen molar-refractivity contribution in [2.45, 2.75) is 33.7 Å². The summed E-state index contributed by atoms with van der Waals surface area (Å²) in [6.07, 6.45) is 0. The third-order valence-electron chi connectivity index (χ3n) is 2.14. The molecule has 0 aromatic rings. The van der Waals surface area contributed by atoms with Crippen molar-refractivity contribution in [1.82, 2.24) is 15.5 Å². The van der Waals surface area contributed by atoms with Gasteiger partial charge in [-0.1, -0.05) is 13.8 Å². The number of nitrogens with zero attached hydrogens (tertiary/aromatic N) is 1. The minimum Gasteiger partial charge on any atom is -0.363 e. The van der Waals surface area contributed by atoms with Crippen molar-refractivity contribution in [2.24, 2.45) is 0 Å². The lowest BCUT2D eigenvalue weighted by Crippen LogP contribution is -2.45. The van der Waals surface area contributed by atoms with E-state index in [0.717, 1.165) is 31.3 Å². The Morgan fingerprint density at radius 2 is 1.86 bits per heavy atom. The molecule has 0 aliphatic rings. The largest absolute Gasteiger partial charge is 0.363 e. The van der Waals surface area contributed by atoms with Crippen LogP contribution >= 0.6 is 12.2 Å². The molecule has 0 bridgehead atoms. The summed E-state index contributed by atoms with van der Waals surface area (Å²) in [6, 6.07) is 0.404. The van der Waals surface area contributed by atoms with E-state index in [1.54, 1.807) is 0 Å². The van der Waals surface area contributed by atoms with Gasteiger partial charge in [-0.05, 0) is 39.2 Å². The van der Waals surface area contributed by atoms with Crippen LogP contribution in [0.1, 0.15) is 27.7 Å². The van der Waals surface area contributed by atoms with E-state index in [1.807, 2.05) is 6.92 Å². The molecule has 1 atom stereocenters. The van der Waals surface area contributed by atoms with Crippen molar-refractivity contribution in [2.75, 3.05) is 26.2 Å². The SMILES string of the molecule is CCNC(=S)NC(C)CN(CC)CC. The highest BCUT2D eigenvalue weighted by atomic mass is 32.1. The minimum absolute atomic E-state index is 0.404. The van der Waals surface area contributed by atoms with E-state index in [4.69, 9.17) is 12.2 Å². The summed E-state index contributed by atoms with van der Waals surface area (Å²) in [6.45, 7) is 12.7. The molecule has 0 saturated heterocycles. The molecule has 0 amide bonds. The zero-order valence-electron chi connectivity index (χ0n) is 9.76. The summed E-state index contributed by atoms with van der Waals surface area (Å²) in [5, 5.41) is 7.10. The second-order valence-electron chi connectivity index (χ2n) is 3.39. The summed E-state index contributed by atoms with van der Waals surface area (Å²) in [4.78, 5) is 2.38. The molecule has 0 aromatic heterocycles. The van der Waals surface area contributed by atoms with Gasteiger partial charge >= 0.3 is 0 Å². The Bertz CT molecular complexity index is 157. The molecule has 2 N–H and O–H groups in total. The molecular formula is C10H23N3S. The molecule has 84 valence electrons. The van der Waals surface area contributed by atoms with Gasteiger partial charge in [0.25, 0.3) is 0 Å². The van der Waals surface area contributed by atoms with Crippen LogP contribution < -0.4 is 10.6 Å². The fraction of sp³-hybridized carbons (Fsp3) is 0.900. The van der Waals surface area contributed by atoms with Gasteiger partial charge in [-0.15, -0.1) is 0 Å². The van der Waals surface area contributed by atoms with Crippen LogP contribution in [-0.4, -0.2) is 42.2 Å². The van der Waals surface area contributed by atoms with Crippen molar-refractivity contribution in [1.29, 1.82) is 0 Å². The Labute approximate surface area is 93.2 Å². The first kappa shape index (κ1) is 13.7. The van der Waals surface area contributed by atoms with Gasteiger partial charge in [0.15, 0.2) is 5.11 Å². The summed E-state index contributed by atoms with van der Waals surface area (Å²) in [7, 11) is 0. The van der Waals surface area contributed by atoms with Crippen LogP contribution in [-0.2, 0) is 0 Å². The monoisotopic (exact) mass is 217 g/mol. The fourth-order valence-electron chi connectivity index (χ4n) is 1.35. The van der Waals surface area contributed by atoms with Crippen LogP contribution in [0.5, 0.6) is 0 Å². The Morgan fingerprint density at radius 3 is 2.29 bits per heavy atom. The number of rotatable bonds is 6. The van der Waals surface area contributed by atoms with Gasteiger partial charge in [-0.2, -0.15) is 0 Å². The molecule has 14 heavy (non-hydrogen) atoms. The highest BCUT2D eigenvalue weighted by molar-refractivity contribution is 7.80. The smallest absolute Gasteiger partial charge is 0.166 e. The highest BCUT2D eigenvalue weighted by Gasteiger charge is 2.07. The summed E-state index contributed by atoms with van der Waals surface area (Å²) in [5.41, 5.74) is 0. The van der Waals surface area contributed by atoms with Gasteiger partial charge in [-0.3, -0.25) is 0 Å². The number of hydrogen-bond donors (Lipinski definition) is 2. The number of nitrogens with one attached hydrogen (secondary N) is 2. The minimum atomic E-state index is 0.404. The molecule has 0 spiro atoms. The van der Waals surface area contributed by atoms with E-state index in [-0.39, 0.29) is 0 Å². The van der Waals surface area contributed by atoms with Gasteiger partial charge < -0.3 is 15.5 Å². The molecule has 0 rings (SSSR count). The van der Waals surface area contributed by atoms with Crippen molar-refractivity contribution >= 4 is 17.3 Å². The number of hydrogen-bond acceptors (Lipinski definition) is 2. The van der Waals surface area contributed by atoms with Crippen molar-refractivity contribution < 1.29 is 0 Å². The van der Waals surface area contributed by atoms with Crippen molar-refractivity contribution in [3.63, 3.8) is 0 Å². The molecule has 0 aliphatic carbocycles. The quantitative estimate of drug-likeness (QED) is 0.654. The first-order chi connectivity index (χ1) is 6.63. The maximum atomic E-state index is 5.11. The lowest BCUT2D eigenvalue weighted by Gasteiger charge is -2.24. The van der Waals surface area contributed by atoms with E-state index in [2.05, 4.69) is 36.3 Å². The Balaban J connectivity index is 3.72. The molecular weight excluding hydrogens is 194 g/mol. The van der Waals surface area contributed by atoms with Crippen LogP contribution in [0.25, 0.3) is 0 Å². The first-order valence-corrected chi connectivity index (χ1v) is 5.81. The fourth-order valence-corrected chi connectivity index (χ4v) is 1.70. The van der Waals surface area contributed by atoms with E-state index < -0.39 is 0 Å². The summed E-state index contributed by atoms with van der Waals surface area (Å²) >= 11 is 5.11. The predicted octanol–water partition coefficient (Wildman–Crippen LogP) is 1.20. The third-order valence-corrected chi connectivity index (χ3v) is 2.40. The molecule has 1 unspecified atom stereocenters. The average molecular weight is 217 g/mol. The molecule has 0 aliphatic heterocycles. The van der Waals surface area contributed by atoms with Crippen molar-refractivity contribution in [3.8, 4) is 0 Å². The number of thiocarbonyl (C=S) groups is 1. The lowest BCUT2D eigenvalue weighted by atomic mass is 10.3. The van der Waals surface area contributed by atoms with Gasteiger partial charge in [-0.25, -0.2) is 0 Å². The van der Waals surface area contributed by atoms with Gasteiger partial charge in [0.2, 0.25) is 0 Å². The molecule has 0 saturated carbocycles. The molecule has 0 radical (unpaired) electrons. The molecule has 0 fully saturated rings. The van der Waals surface area contributed by atoms with E-state index in [9.17, 15) is 0 Å². The van der Waals surface area contributed by atoms with Crippen LogP contribution in [0.3, 0.4) is 0 Å². The molecule has 0 heterocycles. The average Bonchev–Trinajstić information content (AvgIpc) is 2.14. The van der Waals surface area contributed by atoms with Crippen LogP contribution in [0, 0.1) is 0 Å². The van der Waals surface area contributed by atoms with Crippen LogP contribution in [0.4, 0.5) is 0 Å². The maximum absolute atomic E-state index is 5.11. The van der Waals surface area contributed by atoms with Gasteiger partial charge in [0.1, 0.15) is 0 Å². The van der Waals surface area contributed by atoms with E-state index >= 15 is 0 Å². The Hall–Kier alpha value is -0.350. The second-order valence-corrected chi connectivity index (χ2v) is 3.80. The third kappa shape index (κ3) is 6.16. The normalized spacial score (nSPS) is 12.6. The number of likely N-dealkylation sites (N-methyl/N-ethyl adjacent to an activating group) is 1. The Kier molecular flexibility index (Phi) is 7.80. The highest BCUT2D eigenvalue weighted by Crippen LogP contribution is 1.91. The van der Waals surface area contributed by atoms with Gasteiger partial charge in [0.05, 0.1) is 0 Å². The molecule has 4 heteroatoms. The van der Waals surface area contributed by atoms with E-state index in [1.165, 1.54) is 0 Å². The summed E-state index contributed by atoms with van der Waals surface area (Å²) in [5.74, 6) is 0. The van der Waals surface area contributed by atoms with Crippen LogP contribution in [0.15, 0.2) is 0 Å². The lowest BCUT2D eigenvalue weighted by molar-refractivity contribution is 0.281.